The van der Waals surface area contributed by atoms with Crippen LogP contribution in [0.1, 0.15) is 19.8 Å². The van der Waals surface area contributed by atoms with Crippen molar-refractivity contribution in [1.82, 2.24) is 19.4 Å². The Balaban J connectivity index is 1.79. The van der Waals surface area contributed by atoms with Gasteiger partial charge in [0.15, 0.2) is 10.4 Å². The lowest BCUT2D eigenvalue weighted by Crippen LogP contribution is -2.27. The van der Waals surface area contributed by atoms with Crippen LogP contribution in [0.5, 0.6) is 0 Å². The monoisotopic (exact) mass is 310 g/mol. The Labute approximate surface area is 128 Å². The molecule has 1 atom stereocenters. The number of hydrogen-bond acceptors (Lipinski definition) is 3. The van der Waals surface area contributed by atoms with E-state index >= 15 is 0 Å². The molecule has 1 N–H and O–H groups in total. The van der Waals surface area contributed by atoms with Crippen molar-refractivity contribution in [1.29, 1.82) is 0 Å². The highest BCUT2D eigenvalue weighted by atomic mass is 35.5. The molecule has 6 heteroatoms. The van der Waals surface area contributed by atoms with Gasteiger partial charge in [-0.05, 0) is 50.1 Å². The summed E-state index contributed by atoms with van der Waals surface area (Å²) >= 11 is 11.4. The molecular weight excluding hydrogens is 292 g/mol. The second kappa shape index (κ2) is 5.84. The maximum absolute atomic E-state index is 5.97. The topological polar surface area (TPSA) is 36.9 Å². The molecule has 0 radical (unpaired) electrons. The number of halogens is 1. The molecular formula is C14H19ClN4S. The van der Waals surface area contributed by atoms with Crippen LogP contribution in [0.3, 0.4) is 0 Å². The number of hydrogen-bond donors (Lipinski definition) is 1. The smallest absolute Gasteiger partial charge is 0.179 e. The highest BCUT2D eigenvalue weighted by Crippen LogP contribution is 2.18. The van der Waals surface area contributed by atoms with Crippen molar-refractivity contribution in [2.24, 2.45) is 5.92 Å². The van der Waals surface area contributed by atoms with E-state index in [0.717, 1.165) is 29.0 Å². The number of aromatic amines is 1. The number of likely N-dealkylation sites (tertiary alicyclic amines) is 1. The predicted octanol–water partition coefficient (Wildman–Crippen LogP) is 3.48. The van der Waals surface area contributed by atoms with Gasteiger partial charge in [-0.1, -0.05) is 18.5 Å². The average molecular weight is 311 g/mol. The van der Waals surface area contributed by atoms with Crippen LogP contribution in [0.25, 0.3) is 11.2 Å². The first-order valence-electron chi connectivity index (χ1n) is 7.10. The fraction of sp³-hybridized carbons (Fsp3) is 0.571. The summed E-state index contributed by atoms with van der Waals surface area (Å²) in [5.41, 5.74) is 1.81. The molecule has 3 rings (SSSR count). The summed E-state index contributed by atoms with van der Waals surface area (Å²) in [5.74, 6) is 0.552. The normalized spacial score (nSPS) is 17.9. The van der Waals surface area contributed by atoms with Gasteiger partial charge >= 0.3 is 0 Å². The minimum atomic E-state index is 0.552. The highest BCUT2D eigenvalue weighted by Gasteiger charge is 2.16. The minimum absolute atomic E-state index is 0.552. The van der Waals surface area contributed by atoms with Gasteiger partial charge in [-0.2, -0.15) is 0 Å². The molecule has 1 fully saturated rings. The van der Waals surface area contributed by atoms with Crippen LogP contribution >= 0.6 is 23.8 Å². The van der Waals surface area contributed by atoms with E-state index < -0.39 is 0 Å². The van der Waals surface area contributed by atoms with Crippen molar-refractivity contribution in [2.75, 3.05) is 19.6 Å². The Hall–Kier alpha value is -0.910. The average Bonchev–Trinajstić information content (AvgIpc) is 2.98. The molecule has 108 valence electrons. The molecule has 0 amide bonds. The molecule has 4 nitrogen and oxygen atoms in total. The van der Waals surface area contributed by atoms with Crippen molar-refractivity contribution in [3.63, 3.8) is 0 Å². The van der Waals surface area contributed by atoms with Gasteiger partial charge in [-0.15, -0.1) is 0 Å². The zero-order valence-electron chi connectivity index (χ0n) is 11.6. The van der Waals surface area contributed by atoms with E-state index in [1.165, 1.54) is 25.9 Å². The maximum Gasteiger partial charge on any atom is 0.179 e. The van der Waals surface area contributed by atoms with Gasteiger partial charge in [0.2, 0.25) is 0 Å². The molecule has 1 unspecified atom stereocenters. The number of fused-ring (bicyclic) bond motifs is 1. The summed E-state index contributed by atoms with van der Waals surface area (Å²) in [6.45, 7) is 6.76. The summed E-state index contributed by atoms with van der Waals surface area (Å²) in [6.07, 6.45) is 4.34. The van der Waals surface area contributed by atoms with Gasteiger partial charge in [0.05, 0.1) is 10.5 Å². The quantitative estimate of drug-likeness (QED) is 0.878. The summed E-state index contributed by atoms with van der Waals surface area (Å²) in [5, 5.41) is 0.631. The number of aromatic nitrogens is 3. The summed E-state index contributed by atoms with van der Waals surface area (Å²) in [6, 6.07) is 1.88. The van der Waals surface area contributed by atoms with E-state index in [1.807, 2.05) is 6.07 Å². The van der Waals surface area contributed by atoms with E-state index in [2.05, 4.69) is 26.4 Å². The van der Waals surface area contributed by atoms with Crippen molar-refractivity contribution >= 4 is 35.0 Å². The fourth-order valence-electron chi connectivity index (χ4n) is 2.96. The first-order chi connectivity index (χ1) is 9.63. The van der Waals surface area contributed by atoms with E-state index in [9.17, 15) is 0 Å². The van der Waals surface area contributed by atoms with Crippen LogP contribution in [0.4, 0.5) is 0 Å². The molecule has 0 aromatic carbocycles. The van der Waals surface area contributed by atoms with Crippen LogP contribution in [-0.2, 0) is 6.54 Å². The lowest BCUT2D eigenvalue weighted by molar-refractivity contribution is 0.272. The Morgan fingerprint density at radius 3 is 2.90 bits per heavy atom. The number of H-pyrrole nitrogens is 1. The van der Waals surface area contributed by atoms with Crippen LogP contribution in [0, 0.1) is 10.7 Å². The highest BCUT2D eigenvalue weighted by molar-refractivity contribution is 7.71. The van der Waals surface area contributed by atoms with Crippen LogP contribution in [-0.4, -0.2) is 39.1 Å². The van der Waals surface area contributed by atoms with Crippen LogP contribution < -0.4 is 0 Å². The molecule has 0 spiro atoms. The summed E-state index contributed by atoms with van der Waals surface area (Å²) in [7, 11) is 0. The third kappa shape index (κ3) is 2.90. The van der Waals surface area contributed by atoms with Crippen LogP contribution in [0.15, 0.2) is 12.3 Å². The van der Waals surface area contributed by atoms with Crippen molar-refractivity contribution in [3.05, 3.63) is 22.1 Å². The first kappa shape index (κ1) is 14.0. The third-order valence-corrected chi connectivity index (χ3v) is 4.37. The molecule has 0 saturated carbocycles. The number of rotatable bonds is 4. The van der Waals surface area contributed by atoms with Crippen molar-refractivity contribution in [2.45, 2.75) is 26.3 Å². The summed E-state index contributed by atoms with van der Waals surface area (Å²) < 4.78 is 2.81. The number of nitrogens with one attached hydrogen (secondary N) is 1. The second-order valence-electron chi connectivity index (χ2n) is 5.68. The van der Waals surface area contributed by atoms with Gasteiger partial charge in [-0.3, -0.25) is 0 Å². The van der Waals surface area contributed by atoms with E-state index in [-0.39, 0.29) is 0 Å². The molecule has 1 aliphatic rings. The first-order valence-corrected chi connectivity index (χ1v) is 7.88. The molecule has 3 heterocycles. The molecule has 1 aliphatic heterocycles. The van der Waals surface area contributed by atoms with Gasteiger partial charge < -0.3 is 14.5 Å². The SMILES string of the molecule is CC(CN1CCCC1)Cn1c(=S)[nH]c2cc(Cl)cnc21. The largest absolute Gasteiger partial charge is 0.329 e. The Morgan fingerprint density at radius 1 is 1.40 bits per heavy atom. The number of nitrogens with zero attached hydrogens (tertiary/aromatic N) is 3. The zero-order valence-corrected chi connectivity index (χ0v) is 13.2. The predicted molar refractivity (Wildman–Crippen MR) is 84.8 cm³/mol. The fourth-order valence-corrected chi connectivity index (χ4v) is 3.39. The number of imidazole rings is 1. The van der Waals surface area contributed by atoms with Gasteiger partial charge in [0, 0.05) is 19.3 Å². The number of pyridine rings is 1. The Bertz CT molecular complexity index is 657. The molecule has 0 bridgehead atoms. The molecule has 2 aromatic rings. The third-order valence-electron chi connectivity index (χ3n) is 3.84. The molecule has 2 aromatic heterocycles. The zero-order chi connectivity index (χ0) is 14.1. The van der Waals surface area contributed by atoms with Gasteiger partial charge in [-0.25, -0.2) is 4.98 Å². The Morgan fingerprint density at radius 2 is 2.15 bits per heavy atom. The molecule has 1 saturated heterocycles. The van der Waals surface area contributed by atoms with E-state index in [0.29, 0.717) is 10.9 Å². The minimum Gasteiger partial charge on any atom is -0.329 e. The lowest BCUT2D eigenvalue weighted by Gasteiger charge is -2.20. The molecule has 0 aliphatic carbocycles. The lowest BCUT2D eigenvalue weighted by atomic mass is 10.1. The van der Waals surface area contributed by atoms with Crippen LogP contribution in [0.2, 0.25) is 5.02 Å². The standard InChI is InChI=1S/C14H19ClN4S/c1-10(8-18-4-2-3-5-18)9-19-13-12(17-14(19)20)6-11(15)7-16-13/h6-7,10H,2-5,8-9H2,1H3,(H,17,20). The maximum atomic E-state index is 5.97. The van der Waals surface area contributed by atoms with Crippen molar-refractivity contribution in [3.8, 4) is 0 Å². The second-order valence-corrected chi connectivity index (χ2v) is 6.50. The van der Waals surface area contributed by atoms with Gasteiger partial charge in [0.25, 0.3) is 0 Å². The van der Waals surface area contributed by atoms with Gasteiger partial charge in [0.1, 0.15) is 0 Å². The van der Waals surface area contributed by atoms with Crippen molar-refractivity contribution < 1.29 is 0 Å². The molecule has 20 heavy (non-hydrogen) atoms. The van der Waals surface area contributed by atoms with E-state index in [4.69, 9.17) is 23.8 Å². The van der Waals surface area contributed by atoms with E-state index in [1.54, 1.807) is 6.20 Å². The Kier molecular flexibility index (Phi) is 4.10. The summed E-state index contributed by atoms with van der Waals surface area (Å²) in [4.78, 5) is 10.1.